The molecule has 0 spiro atoms. The molecule has 0 saturated heterocycles. The Labute approximate surface area is 140 Å². The van der Waals surface area contributed by atoms with Crippen LogP contribution in [0.3, 0.4) is 0 Å². The van der Waals surface area contributed by atoms with Crippen LogP contribution in [0.1, 0.15) is 45.0 Å². The number of aromatic nitrogens is 3. The molecule has 0 aliphatic carbocycles. The first kappa shape index (κ1) is 19.2. The van der Waals surface area contributed by atoms with Crippen LogP contribution < -0.4 is 15.8 Å². The van der Waals surface area contributed by atoms with E-state index >= 15 is 0 Å². The van der Waals surface area contributed by atoms with E-state index in [0.29, 0.717) is 5.88 Å². The maximum Gasteiger partial charge on any atom is 0.413 e. The van der Waals surface area contributed by atoms with E-state index in [0.717, 1.165) is 0 Å². The summed E-state index contributed by atoms with van der Waals surface area (Å²) in [6.45, 7) is 9.16. The molecule has 0 aliphatic heterocycles. The summed E-state index contributed by atoms with van der Waals surface area (Å²) in [6, 6.07) is 1.56. The molecule has 2 aromatic heterocycles. The minimum Gasteiger partial charge on any atom is -0.481 e. The van der Waals surface area contributed by atoms with Gasteiger partial charge in [0.15, 0.2) is 11.5 Å². The Hall–Kier alpha value is -2.84. The van der Waals surface area contributed by atoms with Gasteiger partial charge in [0.2, 0.25) is 5.88 Å². The van der Waals surface area contributed by atoms with E-state index in [4.69, 9.17) is 15.2 Å². The molecule has 9 heteroatoms. The largest absolute Gasteiger partial charge is 0.481 e. The number of carbonyl (C=O) groups is 2. The Morgan fingerprint density at radius 1 is 1.29 bits per heavy atom. The Balaban J connectivity index is 0.00000139. The average Bonchev–Trinajstić information content (AvgIpc) is 2.83. The Morgan fingerprint density at radius 3 is 2.42 bits per heavy atom. The van der Waals surface area contributed by atoms with Gasteiger partial charge in [-0.2, -0.15) is 4.98 Å². The fourth-order valence-corrected chi connectivity index (χ4v) is 1.74. The zero-order valence-electron chi connectivity index (χ0n) is 14.7. The van der Waals surface area contributed by atoms with Crippen molar-refractivity contribution in [2.45, 2.75) is 40.2 Å². The van der Waals surface area contributed by atoms with Gasteiger partial charge in [0.25, 0.3) is 5.91 Å². The van der Waals surface area contributed by atoms with Crippen LogP contribution in [0.2, 0.25) is 0 Å². The number of hydrogen-bond donors (Lipinski definition) is 2. The second-order valence-electron chi connectivity index (χ2n) is 5.45. The Kier molecular flexibility index (Phi) is 6.10. The van der Waals surface area contributed by atoms with Crippen molar-refractivity contribution in [2.24, 2.45) is 5.73 Å². The van der Waals surface area contributed by atoms with E-state index < -0.39 is 17.6 Å². The first-order valence-electron chi connectivity index (χ1n) is 7.44. The number of carbonyl (C=O) groups excluding carboxylic acids is 2. The summed E-state index contributed by atoms with van der Waals surface area (Å²) in [7, 11) is 1.44. The number of ether oxygens (including phenoxy) is 2. The number of hydrogen-bond acceptors (Lipinski definition) is 6. The molecular weight excluding hydrogens is 314 g/mol. The molecule has 0 fully saturated rings. The molecule has 9 nitrogen and oxygen atoms in total. The van der Waals surface area contributed by atoms with E-state index in [1.807, 2.05) is 13.8 Å². The van der Waals surface area contributed by atoms with Gasteiger partial charge >= 0.3 is 6.09 Å². The standard InChI is InChI=1S/C13H17N5O4.C2H6/c1-13(2,3)22-12(20)16-10-8(9(14)19)11-15-7(21-4)5-6-18(11)17-10;1-2/h5-6H,1-4H3,(H2,14,19)(H,16,17,20);1-2H3. The smallest absolute Gasteiger partial charge is 0.413 e. The summed E-state index contributed by atoms with van der Waals surface area (Å²) in [5.41, 5.74) is 4.83. The maximum atomic E-state index is 11.8. The van der Waals surface area contributed by atoms with Crippen molar-refractivity contribution in [3.05, 3.63) is 17.8 Å². The van der Waals surface area contributed by atoms with Gasteiger partial charge in [-0.25, -0.2) is 9.31 Å². The molecule has 0 unspecified atom stereocenters. The van der Waals surface area contributed by atoms with E-state index in [-0.39, 0.29) is 17.0 Å². The lowest BCUT2D eigenvalue weighted by atomic mass is 10.2. The van der Waals surface area contributed by atoms with Gasteiger partial charge in [0.05, 0.1) is 7.11 Å². The maximum absolute atomic E-state index is 11.8. The number of rotatable bonds is 3. The summed E-state index contributed by atoms with van der Waals surface area (Å²) in [6.07, 6.45) is 0.791. The molecule has 0 aliphatic rings. The summed E-state index contributed by atoms with van der Waals surface area (Å²) in [4.78, 5) is 27.6. The molecular formula is C15H23N5O4. The van der Waals surface area contributed by atoms with Gasteiger partial charge < -0.3 is 15.2 Å². The summed E-state index contributed by atoms with van der Waals surface area (Å²) >= 11 is 0. The predicted molar refractivity (Wildman–Crippen MR) is 89.3 cm³/mol. The third-order valence-electron chi connectivity index (χ3n) is 2.53. The van der Waals surface area contributed by atoms with Crippen molar-refractivity contribution in [3.63, 3.8) is 0 Å². The highest BCUT2D eigenvalue weighted by Crippen LogP contribution is 2.21. The monoisotopic (exact) mass is 337 g/mol. The van der Waals surface area contributed by atoms with Gasteiger partial charge in [-0.3, -0.25) is 10.1 Å². The van der Waals surface area contributed by atoms with Crippen LogP contribution in [0.25, 0.3) is 5.65 Å². The van der Waals surface area contributed by atoms with Gasteiger partial charge in [-0.05, 0) is 20.8 Å². The van der Waals surface area contributed by atoms with Crippen LogP contribution in [0.5, 0.6) is 5.88 Å². The Morgan fingerprint density at radius 2 is 1.92 bits per heavy atom. The van der Waals surface area contributed by atoms with Crippen LogP contribution in [-0.2, 0) is 4.74 Å². The average molecular weight is 337 g/mol. The fraction of sp³-hybridized carbons (Fsp3) is 0.467. The molecule has 2 heterocycles. The van der Waals surface area contributed by atoms with Crippen LogP contribution in [0.15, 0.2) is 12.3 Å². The number of fused-ring (bicyclic) bond motifs is 1. The lowest BCUT2D eigenvalue weighted by Gasteiger charge is -2.19. The van der Waals surface area contributed by atoms with Crippen molar-refractivity contribution in [1.29, 1.82) is 0 Å². The lowest BCUT2D eigenvalue weighted by Crippen LogP contribution is -2.28. The molecule has 24 heavy (non-hydrogen) atoms. The van der Waals surface area contributed by atoms with Gasteiger partial charge in [0, 0.05) is 12.3 Å². The molecule has 2 aromatic rings. The van der Waals surface area contributed by atoms with E-state index in [1.165, 1.54) is 17.8 Å². The number of nitrogens with zero attached hydrogens (tertiary/aromatic N) is 3. The van der Waals surface area contributed by atoms with Gasteiger partial charge in [-0.1, -0.05) is 13.8 Å². The minimum atomic E-state index is -0.776. The number of primary amides is 1. The Bertz CT molecular complexity index is 733. The summed E-state index contributed by atoms with van der Waals surface area (Å²) in [5, 5.41) is 6.47. The number of anilines is 1. The van der Waals surface area contributed by atoms with Crippen LogP contribution >= 0.6 is 0 Å². The predicted octanol–water partition coefficient (Wildman–Crippen LogP) is 2.21. The molecule has 3 N–H and O–H groups in total. The first-order chi connectivity index (χ1) is 11.2. The third kappa shape index (κ3) is 4.58. The molecule has 2 amide bonds. The second-order valence-corrected chi connectivity index (χ2v) is 5.45. The highest BCUT2D eigenvalue weighted by Gasteiger charge is 2.23. The highest BCUT2D eigenvalue weighted by molar-refractivity contribution is 6.06. The first-order valence-corrected chi connectivity index (χ1v) is 7.44. The van der Waals surface area contributed by atoms with E-state index in [1.54, 1.807) is 26.8 Å². The number of nitrogens with two attached hydrogens (primary N) is 1. The molecule has 0 saturated carbocycles. The molecule has 0 aromatic carbocycles. The lowest BCUT2D eigenvalue weighted by molar-refractivity contribution is 0.0635. The SMILES string of the molecule is CC.COc1ccn2nc(NC(=O)OC(C)(C)C)c(C(N)=O)c2n1. The van der Waals surface area contributed by atoms with Crippen molar-refractivity contribution in [2.75, 3.05) is 12.4 Å². The van der Waals surface area contributed by atoms with Crippen LogP contribution in [-0.4, -0.2) is 39.3 Å². The molecule has 0 radical (unpaired) electrons. The normalized spacial score (nSPS) is 10.6. The molecule has 132 valence electrons. The minimum absolute atomic E-state index is 0.0234. The summed E-state index contributed by atoms with van der Waals surface area (Å²) in [5.74, 6) is -0.511. The number of nitrogens with one attached hydrogen (secondary N) is 1. The molecule has 0 bridgehead atoms. The third-order valence-corrected chi connectivity index (χ3v) is 2.53. The zero-order valence-corrected chi connectivity index (χ0v) is 14.7. The fourth-order valence-electron chi connectivity index (χ4n) is 1.74. The quantitative estimate of drug-likeness (QED) is 0.885. The van der Waals surface area contributed by atoms with Gasteiger partial charge in [0.1, 0.15) is 11.2 Å². The van der Waals surface area contributed by atoms with Crippen molar-refractivity contribution in [1.82, 2.24) is 14.6 Å². The molecule has 0 atom stereocenters. The van der Waals surface area contributed by atoms with Crippen molar-refractivity contribution in [3.8, 4) is 5.88 Å². The van der Waals surface area contributed by atoms with E-state index in [9.17, 15) is 9.59 Å². The van der Waals surface area contributed by atoms with Crippen molar-refractivity contribution >= 4 is 23.5 Å². The van der Waals surface area contributed by atoms with E-state index in [2.05, 4.69) is 15.4 Å². The topological polar surface area (TPSA) is 121 Å². The highest BCUT2D eigenvalue weighted by atomic mass is 16.6. The zero-order chi connectivity index (χ0) is 18.5. The number of amides is 2. The summed E-state index contributed by atoms with van der Waals surface area (Å²) < 4.78 is 11.4. The van der Waals surface area contributed by atoms with Gasteiger partial charge in [-0.15, -0.1) is 5.10 Å². The second kappa shape index (κ2) is 7.62. The van der Waals surface area contributed by atoms with Crippen LogP contribution in [0, 0.1) is 0 Å². The van der Waals surface area contributed by atoms with Crippen molar-refractivity contribution < 1.29 is 19.1 Å². The molecule has 2 rings (SSSR count). The number of methoxy groups -OCH3 is 1. The van der Waals surface area contributed by atoms with Crippen LogP contribution in [0.4, 0.5) is 10.6 Å².